The lowest BCUT2D eigenvalue weighted by molar-refractivity contribution is -0.870. The van der Waals surface area contributed by atoms with Crippen LogP contribution in [0.1, 0.15) is 213 Å². The molecule has 0 aliphatic rings. The monoisotopic (exact) mass is 826 g/mol. The van der Waals surface area contributed by atoms with Crippen LogP contribution in [0.2, 0.25) is 0 Å². The summed E-state index contributed by atoms with van der Waals surface area (Å²) in [6.45, 7) is 4.79. The van der Waals surface area contributed by atoms with Gasteiger partial charge < -0.3 is 19.8 Å². The van der Waals surface area contributed by atoms with Gasteiger partial charge in [-0.05, 0) is 44.9 Å². The number of aliphatic hydroxyl groups is 1. The number of aliphatic hydroxyl groups excluding tert-OH is 1. The average Bonchev–Trinajstić information content (AvgIpc) is 3.16. The van der Waals surface area contributed by atoms with Gasteiger partial charge in [-0.25, -0.2) is 4.57 Å². The molecular formula is C48H94N2O6P+. The molecule has 0 aromatic rings. The maximum atomic E-state index is 12.9. The van der Waals surface area contributed by atoms with Crippen LogP contribution >= 0.6 is 7.82 Å². The minimum atomic E-state index is -4.34. The molecule has 0 fully saturated rings. The Labute approximate surface area is 353 Å². The number of likely N-dealkylation sites (N-methyl/N-ethyl adjacent to an activating group) is 1. The molecule has 0 aromatic heterocycles. The molecule has 0 heterocycles. The van der Waals surface area contributed by atoms with Crippen molar-refractivity contribution >= 4 is 13.7 Å². The Kier molecular flexibility index (Phi) is 39.2. The van der Waals surface area contributed by atoms with Crippen LogP contribution in [0.5, 0.6) is 0 Å². The molecule has 0 spiro atoms. The van der Waals surface area contributed by atoms with Gasteiger partial charge in [0.2, 0.25) is 5.91 Å². The van der Waals surface area contributed by atoms with E-state index in [1.807, 2.05) is 27.2 Å². The zero-order chi connectivity index (χ0) is 42.1. The Morgan fingerprint density at radius 3 is 1.44 bits per heavy atom. The van der Waals surface area contributed by atoms with Crippen LogP contribution < -0.4 is 5.32 Å². The molecule has 9 heteroatoms. The smallest absolute Gasteiger partial charge is 0.387 e. The second kappa shape index (κ2) is 40.1. The van der Waals surface area contributed by atoms with Crippen LogP contribution in [0.25, 0.3) is 0 Å². The normalized spacial score (nSPS) is 14.6. The number of hydrogen-bond acceptors (Lipinski definition) is 5. The van der Waals surface area contributed by atoms with E-state index in [4.69, 9.17) is 9.05 Å². The second-order valence-electron chi connectivity index (χ2n) is 17.5. The maximum Gasteiger partial charge on any atom is 0.472 e. The minimum absolute atomic E-state index is 0.0609. The van der Waals surface area contributed by atoms with Crippen LogP contribution in [-0.4, -0.2) is 73.4 Å². The SMILES string of the molecule is CCCCC/C=C\C=C/CCCCCCCCCCCCC(=O)NC(COP(=O)(O)OCC[N+](C)(C)C)C(O)/C=C/CCCCCCCCCCCCCCCC. The fourth-order valence-corrected chi connectivity index (χ4v) is 7.53. The molecule has 0 aliphatic carbocycles. The van der Waals surface area contributed by atoms with Gasteiger partial charge in [-0.1, -0.05) is 198 Å². The number of allylic oxidation sites excluding steroid dienone is 5. The van der Waals surface area contributed by atoms with Crippen molar-refractivity contribution in [1.29, 1.82) is 0 Å². The number of phosphoric ester groups is 1. The predicted octanol–water partition coefficient (Wildman–Crippen LogP) is 13.5. The summed E-state index contributed by atoms with van der Waals surface area (Å²) in [5.41, 5.74) is 0. The van der Waals surface area contributed by atoms with Gasteiger partial charge in [-0.15, -0.1) is 0 Å². The summed E-state index contributed by atoms with van der Waals surface area (Å²) in [6, 6.07) is -0.847. The molecule has 3 unspecified atom stereocenters. The van der Waals surface area contributed by atoms with E-state index in [0.717, 1.165) is 38.5 Å². The third kappa shape index (κ3) is 42.6. The van der Waals surface area contributed by atoms with Crippen molar-refractivity contribution in [2.24, 2.45) is 0 Å². The lowest BCUT2D eigenvalue weighted by Gasteiger charge is -2.25. The summed E-state index contributed by atoms with van der Waals surface area (Å²) in [5, 5.41) is 13.9. The van der Waals surface area contributed by atoms with Crippen LogP contribution in [0.3, 0.4) is 0 Å². The number of carbonyl (C=O) groups is 1. The number of hydrogen-bond donors (Lipinski definition) is 3. The van der Waals surface area contributed by atoms with Gasteiger partial charge in [0, 0.05) is 6.42 Å². The zero-order valence-electron chi connectivity index (χ0n) is 38.1. The Morgan fingerprint density at radius 1 is 0.596 bits per heavy atom. The van der Waals surface area contributed by atoms with Crippen molar-refractivity contribution in [1.82, 2.24) is 5.32 Å². The first-order chi connectivity index (χ1) is 27.5. The predicted molar refractivity (Wildman–Crippen MR) is 244 cm³/mol. The van der Waals surface area contributed by atoms with Crippen molar-refractivity contribution in [3.63, 3.8) is 0 Å². The quantitative estimate of drug-likeness (QED) is 0.0186. The van der Waals surface area contributed by atoms with E-state index in [1.54, 1.807) is 6.08 Å². The van der Waals surface area contributed by atoms with Crippen LogP contribution in [0, 0.1) is 0 Å². The lowest BCUT2D eigenvalue weighted by Crippen LogP contribution is -2.45. The number of nitrogens with one attached hydrogen (secondary N) is 1. The largest absolute Gasteiger partial charge is 0.472 e. The molecule has 0 saturated heterocycles. The topological polar surface area (TPSA) is 105 Å². The van der Waals surface area contributed by atoms with Crippen molar-refractivity contribution in [3.05, 3.63) is 36.5 Å². The molecule has 0 saturated carbocycles. The van der Waals surface area contributed by atoms with Crippen LogP contribution in [0.4, 0.5) is 0 Å². The first-order valence-electron chi connectivity index (χ1n) is 23.9. The van der Waals surface area contributed by atoms with Crippen molar-refractivity contribution < 1.29 is 32.9 Å². The zero-order valence-corrected chi connectivity index (χ0v) is 39.0. The van der Waals surface area contributed by atoms with E-state index in [-0.39, 0.29) is 19.1 Å². The Bertz CT molecular complexity index is 1030. The van der Waals surface area contributed by atoms with E-state index in [2.05, 4.69) is 43.5 Å². The molecule has 3 N–H and O–H groups in total. The van der Waals surface area contributed by atoms with E-state index >= 15 is 0 Å². The number of quaternary nitrogens is 1. The van der Waals surface area contributed by atoms with Crippen molar-refractivity contribution in [3.8, 4) is 0 Å². The second-order valence-corrected chi connectivity index (χ2v) is 19.0. The maximum absolute atomic E-state index is 12.9. The first kappa shape index (κ1) is 55.7. The summed E-state index contributed by atoms with van der Waals surface area (Å²) in [6.07, 6.45) is 49.2. The van der Waals surface area contributed by atoms with Gasteiger partial charge in [-0.2, -0.15) is 0 Å². The standard InChI is InChI=1S/C48H93N2O6P/c1-6-8-10-12-14-16-18-20-22-24-25-26-28-30-32-34-36-38-40-42-48(52)49-46(45-56-57(53,54)55-44-43-50(3,4)5)47(51)41-39-37-35-33-31-29-27-23-21-19-17-15-13-11-9-7-2/h14,16,18,20,39,41,46-47,51H,6-13,15,17,19,21-38,40,42-45H2,1-5H3,(H-,49,52,53,54)/p+1/b16-14-,20-18-,41-39+. The molecule has 0 radical (unpaired) electrons. The Balaban J connectivity index is 4.37. The highest BCUT2D eigenvalue weighted by atomic mass is 31.2. The first-order valence-corrected chi connectivity index (χ1v) is 25.4. The van der Waals surface area contributed by atoms with Gasteiger partial charge >= 0.3 is 7.82 Å². The third-order valence-corrected chi connectivity index (χ3v) is 11.6. The molecule has 1 amide bonds. The summed E-state index contributed by atoms with van der Waals surface area (Å²) >= 11 is 0. The molecule has 336 valence electrons. The van der Waals surface area contributed by atoms with Crippen molar-refractivity contribution in [2.45, 2.75) is 225 Å². The van der Waals surface area contributed by atoms with Gasteiger partial charge in [0.25, 0.3) is 0 Å². The lowest BCUT2D eigenvalue weighted by atomic mass is 10.0. The number of nitrogens with zero attached hydrogens (tertiary/aromatic N) is 1. The van der Waals surface area contributed by atoms with E-state index in [0.29, 0.717) is 17.4 Å². The number of amides is 1. The summed E-state index contributed by atoms with van der Waals surface area (Å²) in [7, 11) is 1.57. The van der Waals surface area contributed by atoms with Gasteiger partial charge in [-0.3, -0.25) is 13.8 Å². The minimum Gasteiger partial charge on any atom is -0.387 e. The van der Waals surface area contributed by atoms with Crippen molar-refractivity contribution in [2.75, 3.05) is 40.9 Å². The summed E-state index contributed by atoms with van der Waals surface area (Å²) < 4.78 is 23.6. The summed E-state index contributed by atoms with van der Waals surface area (Å²) in [5.74, 6) is -0.181. The molecule has 3 atom stereocenters. The van der Waals surface area contributed by atoms with E-state index in [9.17, 15) is 19.4 Å². The number of carbonyl (C=O) groups excluding carboxylic acids is 1. The Morgan fingerprint density at radius 2 is 0.982 bits per heavy atom. The van der Waals surface area contributed by atoms with Crippen LogP contribution in [0.15, 0.2) is 36.5 Å². The molecule has 57 heavy (non-hydrogen) atoms. The van der Waals surface area contributed by atoms with E-state index in [1.165, 1.54) is 154 Å². The molecule has 0 rings (SSSR count). The van der Waals surface area contributed by atoms with Gasteiger partial charge in [0.1, 0.15) is 13.2 Å². The van der Waals surface area contributed by atoms with Gasteiger partial charge in [0.05, 0.1) is 39.9 Å². The highest BCUT2D eigenvalue weighted by Gasteiger charge is 2.27. The molecule has 8 nitrogen and oxygen atoms in total. The fourth-order valence-electron chi connectivity index (χ4n) is 6.80. The number of phosphoric acid groups is 1. The molecular weight excluding hydrogens is 732 g/mol. The molecule has 0 aromatic carbocycles. The number of rotatable bonds is 43. The van der Waals surface area contributed by atoms with E-state index < -0.39 is 20.0 Å². The Hall–Kier alpha value is -1.28. The summed E-state index contributed by atoms with van der Waals surface area (Å²) in [4.78, 5) is 23.2. The van der Waals surface area contributed by atoms with Crippen LogP contribution in [-0.2, 0) is 18.4 Å². The highest BCUT2D eigenvalue weighted by molar-refractivity contribution is 7.47. The third-order valence-electron chi connectivity index (χ3n) is 10.6. The fraction of sp³-hybridized carbons (Fsp3) is 0.854. The average molecular weight is 826 g/mol. The van der Waals surface area contributed by atoms with Gasteiger partial charge in [0.15, 0.2) is 0 Å². The molecule has 0 bridgehead atoms. The highest BCUT2D eigenvalue weighted by Crippen LogP contribution is 2.43. The number of unbranched alkanes of at least 4 members (excludes halogenated alkanes) is 27. The molecule has 0 aliphatic heterocycles.